The summed E-state index contributed by atoms with van der Waals surface area (Å²) < 4.78 is 0. The molecule has 1 N–H and O–H groups in total. The number of benzene rings is 1. The number of nitrogens with zero attached hydrogens (tertiary/aromatic N) is 1. The van der Waals surface area contributed by atoms with E-state index in [-0.39, 0.29) is 5.91 Å². The first-order valence-corrected chi connectivity index (χ1v) is 13.9. The molecule has 1 aliphatic rings. The second kappa shape index (κ2) is 9.83. The fourth-order valence-electron chi connectivity index (χ4n) is 5.31. The minimum atomic E-state index is -1.82. The van der Waals surface area contributed by atoms with Gasteiger partial charge >= 0.3 is 0 Å². The van der Waals surface area contributed by atoms with Gasteiger partial charge in [-0.05, 0) is 54.4 Å². The van der Waals surface area contributed by atoms with Crippen LogP contribution < -0.4 is 5.32 Å². The van der Waals surface area contributed by atoms with E-state index in [0.29, 0.717) is 16.6 Å². The highest BCUT2D eigenvalue weighted by Crippen LogP contribution is 2.41. The van der Waals surface area contributed by atoms with Gasteiger partial charge in [0.15, 0.2) is 0 Å². The third-order valence-electron chi connectivity index (χ3n) is 6.92. The number of hydrogen-bond donors (Lipinski definition) is 1. The lowest BCUT2D eigenvalue weighted by atomic mass is 9.91. The highest BCUT2D eigenvalue weighted by molar-refractivity contribution is 6.90. The van der Waals surface area contributed by atoms with Crippen molar-refractivity contribution in [1.82, 2.24) is 4.98 Å². The lowest BCUT2D eigenvalue weighted by Gasteiger charge is -2.38. The number of fused-ring (bicyclic) bond motifs is 1. The average molecular weight is 433 g/mol. The van der Waals surface area contributed by atoms with Crippen molar-refractivity contribution >= 4 is 30.6 Å². The number of amides is 1. The monoisotopic (exact) mass is 432 g/mol. The van der Waals surface area contributed by atoms with Gasteiger partial charge in [0, 0.05) is 22.7 Å². The van der Waals surface area contributed by atoms with Gasteiger partial charge in [-0.1, -0.05) is 65.7 Å². The summed E-state index contributed by atoms with van der Waals surface area (Å²) in [4.78, 5) is 17.8. The SMILES string of the molecule is CC(C)[Si](C#CC1=C(C(=O)Nc2cccc3cccnc23)CCCC1)(C(C)C)C(C)C. The van der Waals surface area contributed by atoms with Crippen LogP contribution in [0.2, 0.25) is 16.6 Å². The predicted octanol–water partition coefficient (Wildman–Crippen LogP) is 7.27. The quantitative estimate of drug-likeness (QED) is 0.399. The Hall–Kier alpha value is -2.38. The first kappa shape index (κ1) is 23.3. The van der Waals surface area contributed by atoms with Crippen molar-refractivity contribution in [3.63, 3.8) is 0 Å². The van der Waals surface area contributed by atoms with Gasteiger partial charge in [-0.15, -0.1) is 5.54 Å². The maximum absolute atomic E-state index is 13.3. The molecule has 1 aliphatic carbocycles. The molecule has 1 heterocycles. The zero-order valence-electron chi connectivity index (χ0n) is 19.9. The average Bonchev–Trinajstić information content (AvgIpc) is 2.74. The lowest BCUT2D eigenvalue weighted by Crippen LogP contribution is -2.43. The molecule has 0 saturated carbocycles. The van der Waals surface area contributed by atoms with Crippen molar-refractivity contribution < 1.29 is 4.79 Å². The first-order chi connectivity index (χ1) is 14.8. The number of aromatic nitrogens is 1. The molecule has 0 saturated heterocycles. The van der Waals surface area contributed by atoms with E-state index in [1.165, 1.54) is 0 Å². The maximum atomic E-state index is 13.3. The highest BCUT2D eigenvalue weighted by Gasteiger charge is 2.41. The number of carbonyl (C=O) groups excluding carboxylic acids is 1. The molecule has 1 aromatic heterocycles. The van der Waals surface area contributed by atoms with Gasteiger partial charge in [0.05, 0.1) is 11.2 Å². The van der Waals surface area contributed by atoms with Crippen LogP contribution in [0.3, 0.4) is 0 Å². The second-order valence-corrected chi connectivity index (χ2v) is 15.2. The summed E-state index contributed by atoms with van der Waals surface area (Å²) in [5, 5.41) is 4.16. The van der Waals surface area contributed by atoms with Crippen LogP contribution in [0.4, 0.5) is 5.69 Å². The van der Waals surface area contributed by atoms with Crippen molar-refractivity contribution in [3.05, 3.63) is 47.7 Å². The summed E-state index contributed by atoms with van der Waals surface area (Å²) in [7, 11) is -1.82. The van der Waals surface area contributed by atoms with Crippen molar-refractivity contribution in [2.24, 2.45) is 0 Å². The minimum absolute atomic E-state index is 0.0203. The Balaban J connectivity index is 1.98. The standard InChI is InChI=1S/C27H36N2OSi/c1-19(2)31(20(3)4,21(5)6)18-16-22-11-7-8-14-24(22)27(30)29-25-15-9-12-23-13-10-17-28-26(23)25/h9-10,12-13,15,17,19-21H,7-8,11,14H2,1-6H3,(H,29,30). The van der Waals surface area contributed by atoms with E-state index in [0.717, 1.165) is 53.4 Å². The molecule has 0 atom stereocenters. The van der Waals surface area contributed by atoms with Crippen LogP contribution in [-0.2, 0) is 4.79 Å². The molecule has 164 valence electrons. The molecule has 4 heteroatoms. The normalized spacial score (nSPS) is 14.9. The van der Waals surface area contributed by atoms with E-state index in [1.807, 2.05) is 30.3 Å². The number of para-hydroxylation sites is 1. The summed E-state index contributed by atoms with van der Waals surface area (Å²) in [6.45, 7) is 14.0. The number of nitrogens with one attached hydrogen (secondary N) is 1. The van der Waals surface area contributed by atoms with Crippen LogP contribution in [0, 0.1) is 11.5 Å². The third-order valence-corrected chi connectivity index (χ3v) is 13.2. The van der Waals surface area contributed by atoms with Crippen LogP contribution >= 0.6 is 0 Å². The highest BCUT2D eigenvalue weighted by atomic mass is 28.3. The van der Waals surface area contributed by atoms with Gasteiger partial charge in [-0.3, -0.25) is 9.78 Å². The molecule has 3 rings (SSSR count). The number of rotatable bonds is 5. The molecule has 0 spiro atoms. The molecule has 0 bridgehead atoms. The van der Waals surface area contributed by atoms with E-state index in [1.54, 1.807) is 6.20 Å². The van der Waals surface area contributed by atoms with E-state index in [2.05, 4.69) is 63.3 Å². The van der Waals surface area contributed by atoms with Crippen LogP contribution in [0.15, 0.2) is 47.7 Å². The lowest BCUT2D eigenvalue weighted by molar-refractivity contribution is -0.113. The molecule has 0 radical (unpaired) electrons. The number of pyridine rings is 1. The fourth-order valence-corrected chi connectivity index (χ4v) is 10.5. The molecule has 0 fully saturated rings. The Kier molecular flexibility index (Phi) is 7.38. The molecular weight excluding hydrogens is 396 g/mol. The number of anilines is 1. The van der Waals surface area contributed by atoms with Gasteiger partial charge in [0.1, 0.15) is 8.07 Å². The van der Waals surface area contributed by atoms with Crippen molar-refractivity contribution in [2.75, 3.05) is 5.32 Å². The van der Waals surface area contributed by atoms with Crippen LogP contribution in [0.5, 0.6) is 0 Å². The molecular formula is C27H36N2OSi. The van der Waals surface area contributed by atoms with Crippen molar-refractivity contribution in [2.45, 2.75) is 83.8 Å². The van der Waals surface area contributed by atoms with E-state index in [9.17, 15) is 4.79 Å². The molecule has 0 aliphatic heterocycles. The minimum Gasteiger partial charge on any atom is -0.320 e. The van der Waals surface area contributed by atoms with E-state index in [4.69, 9.17) is 0 Å². The predicted molar refractivity (Wildman–Crippen MR) is 135 cm³/mol. The number of carbonyl (C=O) groups is 1. The number of allylic oxidation sites excluding steroid dienone is 1. The molecule has 1 aromatic carbocycles. The van der Waals surface area contributed by atoms with Gasteiger partial charge < -0.3 is 5.32 Å². The molecule has 0 unspecified atom stereocenters. The Morgan fingerprint density at radius 2 is 1.61 bits per heavy atom. The van der Waals surface area contributed by atoms with Crippen molar-refractivity contribution in [1.29, 1.82) is 0 Å². The Bertz CT molecular complexity index is 1010. The van der Waals surface area contributed by atoms with Crippen LogP contribution in [0.1, 0.15) is 67.2 Å². The first-order valence-electron chi connectivity index (χ1n) is 11.7. The topological polar surface area (TPSA) is 42.0 Å². The summed E-state index contributed by atoms with van der Waals surface area (Å²) >= 11 is 0. The van der Waals surface area contributed by atoms with Gasteiger partial charge in [0.25, 0.3) is 5.91 Å². The number of hydrogen-bond acceptors (Lipinski definition) is 2. The summed E-state index contributed by atoms with van der Waals surface area (Å²) in [6, 6.07) is 9.84. The van der Waals surface area contributed by atoms with E-state index < -0.39 is 8.07 Å². The molecule has 2 aromatic rings. The maximum Gasteiger partial charge on any atom is 0.252 e. The van der Waals surface area contributed by atoms with Crippen molar-refractivity contribution in [3.8, 4) is 11.5 Å². The zero-order chi connectivity index (χ0) is 22.6. The Morgan fingerprint density at radius 3 is 2.29 bits per heavy atom. The molecule has 3 nitrogen and oxygen atoms in total. The van der Waals surface area contributed by atoms with E-state index >= 15 is 0 Å². The largest absolute Gasteiger partial charge is 0.320 e. The van der Waals surface area contributed by atoms with Gasteiger partial charge in [-0.25, -0.2) is 0 Å². The van der Waals surface area contributed by atoms with Gasteiger partial charge in [0.2, 0.25) is 0 Å². The summed E-state index contributed by atoms with van der Waals surface area (Å²) in [6.07, 6.45) is 5.62. The third kappa shape index (κ3) is 4.77. The summed E-state index contributed by atoms with van der Waals surface area (Å²) in [5.41, 5.74) is 9.09. The second-order valence-electron chi connectivity index (χ2n) is 9.65. The molecule has 31 heavy (non-hydrogen) atoms. The molecule has 1 amide bonds. The smallest absolute Gasteiger partial charge is 0.252 e. The Morgan fingerprint density at radius 1 is 0.968 bits per heavy atom. The van der Waals surface area contributed by atoms with Crippen LogP contribution in [-0.4, -0.2) is 19.0 Å². The fraction of sp³-hybridized carbons (Fsp3) is 0.481. The Labute approximate surface area is 188 Å². The zero-order valence-corrected chi connectivity index (χ0v) is 20.9. The summed E-state index contributed by atoms with van der Waals surface area (Å²) in [5.74, 6) is 3.56. The van der Waals surface area contributed by atoms with Gasteiger partial charge in [-0.2, -0.15) is 0 Å². The van der Waals surface area contributed by atoms with Crippen LogP contribution in [0.25, 0.3) is 10.9 Å².